The van der Waals surface area contributed by atoms with Gasteiger partial charge in [0.15, 0.2) is 0 Å². The molecule has 4 heteroatoms. The molecule has 0 aliphatic rings. The number of hydrogen-bond acceptors (Lipinski definition) is 3. The highest BCUT2D eigenvalue weighted by Gasteiger charge is 2.06. The highest BCUT2D eigenvalue weighted by molar-refractivity contribution is 5.38. The summed E-state index contributed by atoms with van der Waals surface area (Å²) in [5, 5.41) is 17.9. The fraction of sp³-hybridized carbons (Fsp3) is 0.467. The van der Waals surface area contributed by atoms with Gasteiger partial charge in [0.05, 0.1) is 18.3 Å². The van der Waals surface area contributed by atoms with Crippen molar-refractivity contribution in [3.63, 3.8) is 0 Å². The van der Waals surface area contributed by atoms with Crippen molar-refractivity contribution in [1.29, 1.82) is 0 Å². The fourth-order valence-electron chi connectivity index (χ4n) is 1.81. The third-order valence-electron chi connectivity index (χ3n) is 2.52. The maximum absolute atomic E-state index is 13.5. The lowest BCUT2D eigenvalue weighted by molar-refractivity contribution is 0.138. The summed E-state index contributed by atoms with van der Waals surface area (Å²) in [5.41, 5.74) is 1.29. The minimum atomic E-state index is -0.394. The molecule has 104 valence electrons. The molecule has 0 aromatic heterocycles. The van der Waals surface area contributed by atoms with E-state index in [0.29, 0.717) is 25.1 Å². The van der Waals surface area contributed by atoms with Crippen LogP contribution in [-0.4, -0.2) is 41.4 Å². The van der Waals surface area contributed by atoms with E-state index < -0.39 is 6.10 Å². The zero-order chi connectivity index (χ0) is 14.3. The van der Waals surface area contributed by atoms with Gasteiger partial charge in [-0.05, 0) is 31.7 Å². The summed E-state index contributed by atoms with van der Waals surface area (Å²) in [6.45, 7) is 2.89. The second-order valence-electron chi connectivity index (χ2n) is 4.64. The number of aliphatic hydroxyl groups excluding tert-OH is 2. The Morgan fingerprint density at radius 1 is 1.42 bits per heavy atom. The van der Waals surface area contributed by atoms with E-state index in [-0.39, 0.29) is 12.4 Å². The Balaban J connectivity index is 2.76. The van der Waals surface area contributed by atoms with Crippen LogP contribution in [-0.2, 0) is 6.54 Å². The lowest BCUT2D eigenvalue weighted by Gasteiger charge is -2.18. The van der Waals surface area contributed by atoms with Crippen molar-refractivity contribution < 1.29 is 14.6 Å². The van der Waals surface area contributed by atoms with Gasteiger partial charge in [-0.1, -0.05) is 17.9 Å². The Kier molecular flexibility index (Phi) is 6.51. The summed E-state index contributed by atoms with van der Waals surface area (Å²) in [6, 6.07) is 4.82. The second-order valence-corrected chi connectivity index (χ2v) is 4.64. The van der Waals surface area contributed by atoms with Gasteiger partial charge in [0, 0.05) is 19.5 Å². The molecule has 0 aliphatic carbocycles. The fourth-order valence-corrected chi connectivity index (χ4v) is 1.81. The Bertz CT molecular complexity index is 463. The van der Waals surface area contributed by atoms with E-state index in [4.69, 9.17) is 5.11 Å². The lowest BCUT2D eigenvalue weighted by atomic mass is 10.1. The largest absolute Gasteiger partial charge is 0.395 e. The number of aliphatic hydroxyl groups is 2. The van der Waals surface area contributed by atoms with Gasteiger partial charge in [-0.25, -0.2) is 4.39 Å². The molecule has 0 radical (unpaired) electrons. The van der Waals surface area contributed by atoms with Crippen LogP contribution in [0.2, 0.25) is 0 Å². The van der Waals surface area contributed by atoms with Gasteiger partial charge < -0.3 is 10.2 Å². The number of halogens is 1. The Morgan fingerprint density at radius 3 is 2.79 bits per heavy atom. The van der Waals surface area contributed by atoms with Gasteiger partial charge >= 0.3 is 0 Å². The van der Waals surface area contributed by atoms with Crippen LogP contribution in [0, 0.1) is 17.7 Å². The molecule has 1 aromatic carbocycles. The number of likely N-dealkylation sites (N-methyl/N-ethyl adjacent to an activating group) is 1. The Labute approximate surface area is 113 Å². The van der Waals surface area contributed by atoms with E-state index in [9.17, 15) is 9.50 Å². The van der Waals surface area contributed by atoms with Crippen LogP contribution in [0.3, 0.4) is 0 Å². The van der Waals surface area contributed by atoms with Crippen LogP contribution >= 0.6 is 0 Å². The number of benzene rings is 1. The molecule has 0 amide bonds. The van der Waals surface area contributed by atoms with Crippen molar-refractivity contribution in [2.75, 3.05) is 20.2 Å². The summed E-state index contributed by atoms with van der Waals surface area (Å²) in [7, 11) is 1.90. The van der Waals surface area contributed by atoms with Gasteiger partial charge in [0.2, 0.25) is 0 Å². The van der Waals surface area contributed by atoms with E-state index in [2.05, 4.69) is 11.8 Å². The average molecular weight is 265 g/mol. The molecule has 0 spiro atoms. The first-order valence-electron chi connectivity index (χ1n) is 6.27. The van der Waals surface area contributed by atoms with Crippen LogP contribution in [0.1, 0.15) is 24.5 Å². The highest BCUT2D eigenvalue weighted by Crippen LogP contribution is 2.11. The van der Waals surface area contributed by atoms with Crippen molar-refractivity contribution in [1.82, 2.24) is 4.90 Å². The molecule has 1 unspecified atom stereocenters. The summed E-state index contributed by atoms with van der Waals surface area (Å²) in [5.74, 6) is 5.07. The number of rotatable bonds is 5. The van der Waals surface area contributed by atoms with Crippen LogP contribution in [0.5, 0.6) is 0 Å². The van der Waals surface area contributed by atoms with Crippen molar-refractivity contribution >= 4 is 0 Å². The minimum absolute atomic E-state index is 0.0224. The van der Waals surface area contributed by atoms with Crippen molar-refractivity contribution in [2.45, 2.75) is 26.0 Å². The summed E-state index contributed by atoms with van der Waals surface area (Å²) >= 11 is 0. The quantitative estimate of drug-likeness (QED) is 0.790. The van der Waals surface area contributed by atoms with Crippen LogP contribution in [0.25, 0.3) is 0 Å². The second kappa shape index (κ2) is 7.90. The molecule has 0 saturated heterocycles. The number of hydrogen-bond donors (Lipinski definition) is 2. The molecule has 1 rings (SSSR count). The van der Waals surface area contributed by atoms with Crippen LogP contribution < -0.4 is 0 Å². The predicted molar refractivity (Wildman–Crippen MR) is 73.0 cm³/mol. The molecule has 1 atom stereocenters. The molecule has 0 bridgehead atoms. The van der Waals surface area contributed by atoms with Gasteiger partial charge in [-0.3, -0.25) is 4.90 Å². The smallest absolute Gasteiger partial charge is 0.138 e. The van der Waals surface area contributed by atoms with Crippen LogP contribution in [0.15, 0.2) is 18.2 Å². The van der Waals surface area contributed by atoms with Gasteiger partial charge in [-0.2, -0.15) is 0 Å². The SMILES string of the molecule is CC(O)CN(C)Cc1ccc(F)c(C#CCCO)c1. The Hall–Kier alpha value is -1.41. The van der Waals surface area contributed by atoms with Gasteiger partial charge in [-0.15, -0.1) is 0 Å². The summed E-state index contributed by atoms with van der Waals surface area (Å²) in [4.78, 5) is 1.96. The summed E-state index contributed by atoms with van der Waals surface area (Å²) in [6.07, 6.45) is -0.0553. The molecule has 0 heterocycles. The van der Waals surface area contributed by atoms with Crippen LogP contribution in [0.4, 0.5) is 4.39 Å². The topological polar surface area (TPSA) is 43.7 Å². The molecular formula is C15H20FNO2. The molecule has 19 heavy (non-hydrogen) atoms. The van der Waals surface area contributed by atoms with Gasteiger partial charge in [0.25, 0.3) is 0 Å². The first-order chi connectivity index (χ1) is 9.02. The molecule has 2 N–H and O–H groups in total. The Morgan fingerprint density at radius 2 is 2.16 bits per heavy atom. The lowest BCUT2D eigenvalue weighted by Crippen LogP contribution is -2.26. The predicted octanol–water partition coefficient (Wildman–Crippen LogP) is 1.37. The molecule has 0 aliphatic heterocycles. The van der Waals surface area contributed by atoms with E-state index in [1.165, 1.54) is 6.07 Å². The van der Waals surface area contributed by atoms with Crippen molar-refractivity contribution in [2.24, 2.45) is 0 Å². The third-order valence-corrected chi connectivity index (χ3v) is 2.52. The van der Waals surface area contributed by atoms with Crippen molar-refractivity contribution in [3.8, 4) is 11.8 Å². The van der Waals surface area contributed by atoms with E-state index in [1.54, 1.807) is 19.1 Å². The summed E-state index contributed by atoms with van der Waals surface area (Å²) < 4.78 is 13.5. The zero-order valence-electron chi connectivity index (χ0n) is 11.4. The average Bonchev–Trinajstić information content (AvgIpc) is 2.32. The van der Waals surface area contributed by atoms with Crippen molar-refractivity contribution in [3.05, 3.63) is 35.1 Å². The van der Waals surface area contributed by atoms with Gasteiger partial charge in [0.1, 0.15) is 5.82 Å². The maximum Gasteiger partial charge on any atom is 0.138 e. The third kappa shape index (κ3) is 5.84. The van der Waals surface area contributed by atoms with E-state index in [1.807, 2.05) is 11.9 Å². The first kappa shape index (κ1) is 15.6. The standard InChI is InChI=1S/C15H20FNO2/c1-12(19)10-17(2)11-13-6-7-15(16)14(9-13)5-3-4-8-18/h6-7,9,12,18-19H,4,8,10-11H2,1-2H3. The molecule has 0 saturated carbocycles. The maximum atomic E-state index is 13.5. The zero-order valence-corrected chi connectivity index (χ0v) is 11.4. The number of nitrogens with zero attached hydrogens (tertiary/aromatic N) is 1. The van der Waals surface area contributed by atoms with E-state index >= 15 is 0 Å². The molecule has 3 nitrogen and oxygen atoms in total. The molecule has 0 fully saturated rings. The molecule has 1 aromatic rings. The highest BCUT2D eigenvalue weighted by atomic mass is 19.1. The molecular weight excluding hydrogens is 245 g/mol. The monoisotopic (exact) mass is 265 g/mol. The van der Waals surface area contributed by atoms with E-state index in [0.717, 1.165) is 5.56 Å². The minimum Gasteiger partial charge on any atom is -0.395 e. The normalized spacial score (nSPS) is 12.1. The first-order valence-corrected chi connectivity index (χ1v) is 6.27.